The van der Waals surface area contributed by atoms with E-state index in [2.05, 4.69) is 5.32 Å². The molecule has 0 saturated heterocycles. The SMILES string of the molecule is COc1cccc(N(C)C(=O)NCC[C@H](O)C(=O)O)c1. The van der Waals surface area contributed by atoms with Crippen LogP contribution in [0.2, 0.25) is 0 Å². The average molecular weight is 282 g/mol. The van der Waals surface area contributed by atoms with Gasteiger partial charge in [-0.1, -0.05) is 6.07 Å². The second-order valence-electron chi connectivity index (χ2n) is 4.14. The van der Waals surface area contributed by atoms with Gasteiger partial charge in [-0.05, 0) is 12.1 Å². The topological polar surface area (TPSA) is 99.1 Å². The van der Waals surface area contributed by atoms with Crippen LogP contribution in [0.3, 0.4) is 0 Å². The molecular formula is C13H18N2O5. The van der Waals surface area contributed by atoms with Gasteiger partial charge in [0.1, 0.15) is 5.75 Å². The van der Waals surface area contributed by atoms with E-state index in [0.29, 0.717) is 11.4 Å². The predicted octanol–water partition coefficient (Wildman–Crippen LogP) is 0.677. The van der Waals surface area contributed by atoms with E-state index in [1.807, 2.05) is 0 Å². The number of rotatable bonds is 6. The van der Waals surface area contributed by atoms with E-state index in [4.69, 9.17) is 14.9 Å². The monoisotopic (exact) mass is 282 g/mol. The highest BCUT2D eigenvalue weighted by Crippen LogP contribution is 2.19. The first-order valence-corrected chi connectivity index (χ1v) is 6.02. The second-order valence-corrected chi connectivity index (χ2v) is 4.14. The number of urea groups is 1. The lowest BCUT2D eigenvalue weighted by molar-refractivity contribution is -0.146. The molecule has 0 aliphatic heterocycles. The van der Waals surface area contributed by atoms with Crippen molar-refractivity contribution >= 4 is 17.7 Å². The number of hydrogen-bond donors (Lipinski definition) is 3. The minimum absolute atomic E-state index is 0.0486. The molecule has 0 heterocycles. The second kappa shape index (κ2) is 7.34. The van der Waals surface area contributed by atoms with Crippen LogP contribution < -0.4 is 15.0 Å². The molecule has 0 fully saturated rings. The summed E-state index contributed by atoms with van der Waals surface area (Å²) >= 11 is 0. The number of aliphatic hydroxyl groups excluding tert-OH is 1. The molecule has 0 aliphatic rings. The molecule has 0 unspecified atom stereocenters. The van der Waals surface area contributed by atoms with Gasteiger partial charge < -0.3 is 20.3 Å². The van der Waals surface area contributed by atoms with E-state index in [9.17, 15) is 9.59 Å². The van der Waals surface area contributed by atoms with E-state index in [1.165, 1.54) is 12.0 Å². The van der Waals surface area contributed by atoms with E-state index >= 15 is 0 Å². The largest absolute Gasteiger partial charge is 0.497 e. The van der Waals surface area contributed by atoms with E-state index in [0.717, 1.165) is 0 Å². The van der Waals surface area contributed by atoms with Crippen LogP contribution in [0.5, 0.6) is 5.75 Å². The molecule has 1 rings (SSSR count). The fourth-order valence-corrected chi connectivity index (χ4v) is 1.49. The lowest BCUT2D eigenvalue weighted by Crippen LogP contribution is -2.39. The number of amides is 2. The maximum absolute atomic E-state index is 11.8. The molecule has 3 N–H and O–H groups in total. The van der Waals surface area contributed by atoms with E-state index in [-0.39, 0.29) is 13.0 Å². The number of carboxylic acids is 1. The Bertz CT molecular complexity index is 478. The molecule has 0 bridgehead atoms. The van der Waals surface area contributed by atoms with Crippen molar-refractivity contribution in [2.75, 3.05) is 25.6 Å². The highest BCUT2D eigenvalue weighted by Gasteiger charge is 2.15. The van der Waals surface area contributed by atoms with E-state index < -0.39 is 18.1 Å². The van der Waals surface area contributed by atoms with Crippen molar-refractivity contribution in [3.8, 4) is 5.75 Å². The van der Waals surface area contributed by atoms with Gasteiger partial charge in [0.2, 0.25) is 0 Å². The lowest BCUT2D eigenvalue weighted by Gasteiger charge is -2.19. The molecule has 0 spiro atoms. The van der Waals surface area contributed by atoms with Gasteiger partial charge in [0.25, 0.3) is 0 Å². The minimum atomic E-state index is -1.47. The highest BCUT2D eigenvalue weighted by atomic mass is 16.5. The number of carboxylic acid groups (broad SMARTS) is 1. The van der Waals surface area contributed by atoms with E-state index in [1.54, 1.807) is 31.3 Å². The van der Waals surface area contributed by atoms with Crippen LogP contribution in [-0.4, -0.2) is 49.0 Å². The number of methoxy groups -OCH3 is 1. The number of carbonyl (C=O) groups is 2. The third-order valence-corrected chi connectivity index (χ3v) is 2.72. The number of hydrogen-bond acceptors (Lipinski definition) is 4. The first kappa shape index (κ1) is 15.8. The van der Waals surface area contributed by atoms with Crippen LogP contribution in [0.1, 0.15) is 6.42 Å². The average Bonchev–Trinajstić information content (AvgIpc) is 2.46. The van der Waals surface area contributed by atoms with Crippen molar-refractivity contribution in [3.05, 3.63) is 24.3 Å². The zero-order valence-electron chi connectivity index (χ0n) is 11.4. The number of benzene rings is 1. The van der Waals surface area contributed by atoms with Crippen LogP contribution in [0.25, 0.3) is 0 Å². The van der Waals surface area contributed by atoms with Gasteiger partial charge >= 0.3 is 12.0 Å². The van der Waals surface area contributed by atoms with Crippen molar-refractivity contribution in [3.63, 3.8) is 0 Å². The summed E-state index contributed by atoms with van der Waals surface area (Å²) in [6.07, 6.45) is -1.52. The molecule has 7 nitrogen and oxygen atoms in total. The highest BCUT2D eigenvalue weighted by molar-refractivity contribution is 5.91. The van der Waals surface area contributed by atoms with Crippen LogP contribution in [0.4, 0.5) is 10.5 Å². The van der Waals surface area contributed by atoms with Gasteiger partial charge in [-0.2, -0.15) is 0 Å². The van der Waals surface area contributed by atoms with Crippen LogP contribution >= 0.6 is 0 Å². The summed E-state index contributed by atoms with van der Waals surface area (Å²) in [4.78, 5) is 23.6. The number of nitrogens with one attached hydrogen (secondary N) is 1. The van der Waals surface area contributed by atoms with Gasteiger partial charge in [0.05, 0.1) is 7.11 Å². The predicted molar refractivity (Wildman–Crippen MR) is 73.1 cm³/mol. The summed E-state index contributed by atoms with van der Waals surface area (Å²) in [5.41, 5.74) is 0.639. The number of carbonyl (C=O) groups excluding carboxylic acids is 1. The lowest BCUT2D eigenvalue weighted by atomic mass is 10.2. The summed E-state index contributed by atoms with van der Waals surface area (Å²) in [6, 6.07) is 6.57. The molecule has 0 aromatic heterocycles. The molecule has 2 amide bonds. The summed E-state index contributed by atoms with van der Waals surface area (Å²) in [7, 11) is 3.12. The molecule has 7 heteroatoms. The van der Waals surface area contributed by atoms with Crippen molar-refractivity contribution in [2.45, 2.75) is 12.5 Å². The number of nitrogens with zero attached hydrogens (tertiary/aromatic N) is 1. The maximum atomic E-state index is 11.8. The van der Waals surface area contributed by atoms with Gasteiger partial charge in [0.15, 0.2) is 6.10 Å². The Morgan fingerprint density at radius 3 is 2.75 bits per heavy atom. The molecule has 0 saturated carbocycles. The van der Waals surface area contributed by atoms with Gasteiger partial charge in [-0.25, -0.2) is 9.59 Å². The molecular weight excluding hydrogens is 264 g/mol. The molecule has 20 heavy (non-hydrogen) atoms. The minimum Gasteiger partial charge on any atom is -0.497 e. The Morgan fingerprint density at radius 1 is 1.45 bits per heavy atom. The Balaban J connectivity index is 2.52. The number of ether oxygens (including phenoxy) is 1. The summed E-state index contributed by atoms with van der Waals surface area (Å²) in [6.45, 7) is 0.0700. The van der Waals surface area contributed by atoms with Crippen molar-refractivity contribution in [2.24, 2.45) is 0 Å². The maximum Gasteiger partial charge on any atom is 0.332 e. The fraction of sp³-hybridized carbons (Fsp3) is 0.385. The molecule has 0 radical (unpaired) electrons. The standard InChI is InChI=1S/C13H18N2O5/c1-15(9-4-3-5-10(8-9)20-2)13(19)14-7-6-11(16)12(17)18/h3-5,8,11,16H,6-7H2,1-2H3,(H,14,19)(H,17,18)/t11-/m0/s1. The van der Waals surface area contributed by atoms with Crippen molar-refractivity contribution in [1.29, 1.82) is 0 Å². The van der Waals surface area contributed by atoms with Crippen molar-refractivity contribution < 1.29 is 24.5 Å². The van der Waals surface area contributed by atoms with Gasteiger partial charge in [-0.15, -0.1) is 0 Å². The fourth-order valence-electron chi connectivity index (χ4n) is 1.49. The third kappa shape index (κ3) is 4.43. The molecule has 1 atom stereocenters. The molecule has 1 aromatic carbocycles. The number of aliphatic hydroxyl groups is 1. The Hall–Kier alpha value is -2.28. The van der Waals surface area contributed by atoms with Crippen molar-refractivity contribution in [1.82, 2.24) is 5.32 Å². The van der Waals surface area contributed by atoms with Crippen LogP contribution in [0, 0.1) is 0 Å². The molecule has 0 aliphatic carbocycles. The Morgan fingerprint density at radius 2 is 2.15 bits per heavy atom. The van der Waals surface area contributed by atoms with Gasteiger partial charge in [0, 0.05) is 31.8 Å². The zero-order chi connectivity index (χ0) is 15.1. The van der Waals surface area contributed by atoms with Gasteiger partial charge in [-0.3, -0.25) is 4.90 Å². The van der Waals surface area contributed by atoms with Crippen LogP contribution in [0.15, 0.2) is 24.3 Å². The first-order valence-electron chi connectivity index (χ1n) is 6.02. The summed E-state index contributed by atoms with van der Waals surface area (Å²) < 4.78 is 5.07. The summed E-state index contributed by atoms with van der Waals surface area (Å²) in [5, 5.41) is 20.1. The smallest absolute Gasteiger partial charge is 0.332 e. The summed E-state index contributed by atoms with van der Waals surface area (Å²) in [5.74, 6) is -0.677. The number of aliphatic carboxylic acids is 1. The normalized spacial score (nSPS) is 11.6. The first-order chi connectivity index (χ1) is 9.45. The Kier molecular flexibility index (Phi) is 5.79. The zero-order valence-corrected chi connectivity index (χ0v) is 11.4. The molecule has 1 aromatic rings. The Labute approximate surface area is 116 Å². The quantitative estimate of drug-likeness (QED) is 0.712. The number of anilines is 1. The molecule has 110 valence electrons. The third-order valence-electron chi connectivity index (χ3n) is 2.72. The van der Waals surface area contributed by atoms with Crippen LogP contribution in [-0.2, 0) is 4.79 Å².